The summed E-state index contributed by atoms with van der Waals surface area (Å²) in [5.41, 5.74) is 4.73. The van der Waals surface area contributed by atoms with Gasteiger partial charge in [0.2, 0.25) is 0 Å². The van der Waals surface area contributed by atoms with Crippen molar-refractivity contribution >= 4 is 22.6 Å². The van der Waals surface area contributed by atoms with E-state index >= 15 is 0 Å². The van der Waals surface area contributed by atoms with Crippen LogP contribution in [0.5, 0.6) is 0 Å². The molecule has 6 nitrogen and oxygen atoms in total. The number of piperazine rings is 1. The molecule has 0 aliphatic carbocycles. The van der Waals surface area contributed by atoms with Crippen LogP contribution in [0.3, 0.4) is 0 Å². The number of anilines is 1. The Morgan fingerprint density at radius 3 is 2.48 bits per heavy atom. The van der Waals surface area contributed by atoms with Crippen molar-refractivity contribution in [2.45, 2.75) is 46.5 Å². The maximum Gasteiger partial charge on any atom is 0.301 e. The van der Waals surface area contributed by atoms with Crippen molar-refractivity contribution in [2.75, 3.05) is 31.1 Å². The van der Waals surface area contributed by atoms with Crippen molar-refractivity contribution in [3.63, 3.8) is 0 Å². The Kier molecular flexibility index (Phi) is 10.9. The number of hydrogen-bond acceptors (Lipinski definition) is 5. The van der Waals surface area contributed by atoms with Crippen LogP contribution >= 0.6 is 0 Å². The highest BCUT2D eigenvalue weighted by Gasteiger charge is 2.15. The van der Waals surface area contributed by atoms with E-state index < -0.39 is 6.04 Å². The molecule has 1 N–H and O–H groups in total. The number of nitrogens with zero attached hydrogens (tertiary/aromatic N) is 4. The Morgan fingerprint density at radius 2 is 1.88 bits per heavy atom. The summed E-state index contributed by atoms with van der Waals surface area (Å²) in [7, 11) is 1.82. The third kappa shape index (κ3) is 8.53. The number of carbonyl (C=O) groups is 1. The number of aromatic nitrogens is 3. The van der Waals surface area contributed by atoms with Crippen molar-refractivity contribution in [3.8, 4) is 0 Å². The smallest absolute Gasteiger partial charge is 0.301 e. The summed E-state index contributed by atoms with van der Waals surface area (Å²) in [5.74, 6) is -0.240. The van der Waals surface area contributed by atoms with Gasteiger partial charge >= 0.3 is 6.04 Å². The highest BCUT2D eigenvalue weighted by Crippen LogP contribution is 2.24. The fraction of sp³-hybridized carbons (Fsp3) is 0.480. The quantitative estimate of drug-likeness (QED) is 0.558. The van der Waals surface area contributed by atoms with E-state index in [0.29, 0.717) is 11.9 Å². The molecular weight excluding hydrogens is 424 g/mol. The first kappa shape index (κ1) is 26.4. The molecule has 0 radical (unpaired) electrons. The Balaban J connectivity index is 0.000000196. The normalized spacial score (nSPS) is 13.1. The molecule has 4 rings (SSSR count). The summed E-state index contributed by atoms with van der Waals surface area (Å²) < 4.78 is 25.3. The van der Waals surface area contributed by atoms with Crippen LogP contribution in [0.2, 0.25) is 0 Å². The van der Waals surface area contributed by atoms with E-state index in [1.807, 2.05) is 19.4 Å². The highest BCUT2D eigenvalue weighted by molar-refractivity contribution is 5.77. The number of rotatable bonds is 5. The number of benzene rings is 1. The Bertz CT molecular complexity index is 1020. The molecule has 0 bridgehead atoms. The molecule has 1 saturated heterocycles. The Hall–Kier alpha value is -2.87. The molecule has 0 atom stereocenters. The molecule has 0 unspecified atom stereocenters. The molecule has 3 heterocycles. The number of nitrogens with one attached hydrogen (secondary N) is 1. The highest BCUT2D eigenvalue weighted by atomic mass is 19.1. The molecular formula is C25H35F2N5O. The average molecular weight is 460 g/mol. The minimum Gasteiger partial charge on any atom is -0.369 e. The minimum atomic E-state index is -1.21. The number of aryl methyl sites for hydroxylation is 2. The van der Waals surface area contributed by atoms with Gasteiger partial charge in [-0.2, -0.15) is 9.49 Å². The van der Waals surface area contributed by atoms with Gasteiger partial charge in [-0.1, -0.05) is 20.3 Å². The first-order valence-electron chi connectivity index (χ1n) is 11.5. The molecule has 0 spiro atoms. The molecule has 3 aromatic rings. The van der Waals surface area contributed by atoms with Gasteiger partial charge in [0.25, 0.3) is 0 Å². The number of carbonyl (C=O) groups excluding carboxylic acids is 1. The van der Waals surface area contributed by atoms with Crippen LogP contribution in [0.1, 0.15) is 44.4 Å². The van der Waals surface area contributed by atoms with E-state index in [-0.39, 0.29) is 12.2 Å². The van der Waals surface area contributed by atoms with Crippen LogP contribution in [0.25, 0.3) is 10.9 Å². The lowest BCUT2D eigenvalue weighted by atomic mass is 10.1. The zero-order chi connectivity index (χ0) is 24.2. The van der Waals surface area contributed by atoms with Crippen LogP contribution in [0.15, 0.2) is 36.7 Å². The van der Waals surface area contributed by atoms with E-state index in [1.165, 1.54) is 35.5 Å². The molecule has 33 heavy (non-hydrogen) atoms. The van der Waals surface area contributed by atoms with Gasteiger partial charge in [-0.25, -0.2) is 4.39 Å². The number of halogens is 2. The lowest BCUT2D eigenvalue weighted by Gasteiger charge is -2.31. The predicted octanol–water partition coefficient (Wildman–Crippen LogP) is 4.75. The summed E-state index contributed by atoms with van der Waals surface area (Å²) >= 11 is 0. The van der Waals surface area contributed by atoms with Crippen LogP contribution < -0.4 is 10.2 Å². The lowest BCUT2D eigenvalue weighted by molar-refractivity contribution is -0.129. The Morgan fingerprint density at radius 1 is 1.15 bits per heavy atom. The van der Waals surface area contributed by atoms with Crippen molar-refractivity contribution < 1.29 is 13.6 Å². The molecule has 0 amide bonds. The van der Waals surface area contributed by atoms with E-state index in [9.17, 15) is 13.6 Å². The Labute approximate surface area is 195 Å². The SMILES string of the molecule is CCCC(=O)F.CCCc1c(N2CCNCC2)ccnc1C.Cn1cc2ccc(F)cc2n1. The summed E-state index contributed by atoms with van der Waals surface area (Å²) in [6.07, 6.45) is 6.79. The van der Waals surface area contributed by atoms with Crippen LogP contribution in [-0.2, 0) is 18.3 Å². The topological polar surface area (TPSA) is 63.1 Å². The fourth-order valence-electron chi connectivity index (χ4n) is 3.65. The van der Waals surface area contributed by atoms with Crippen LogP contribution in [0.4, 0.5) is 14.5 Å². The van der Waals surface area contributed by atoms with Crippen LogP contribution in [0, 0.1) is 12.7 Å². The maximum absolute atomic E-state index is 12.6. The van der Waals surface area contributed by atoms with Gasteiger partial charge in [-0.15, -0.1) is 0 Å². The summed E-state index contributed by atoms with van der Waals surface area (Å²) in [4.78, 5) is 16.3. The van der Waals surface area contributed by atoms with Gasteiger partial charge < -0.3 is 10.2 Å². The summed E-state index contributed by atoms with van der Waals surface area (Å²) in [6, 6.07) is 5.54. The van der Waals surface area contributed by atoms with Gasteiger partial charge in [0.1, 0.15) is 5.82 Å². The van der Waals surface area contributed by atoms with E-state index in [1.54, 1.807) is 17.7 Å². The second-order valence-corrected chi connectivity index (χ2v) is 7.99. The lowest BCUT2D eigenvalue weighted by Crippen LogP contribution is -2.44. The van der Waals surface area contributed by atoms with Gasteiger partial charge in [0, 0.05) is 74.9 Å². The first-order chi connectivity index (χ1) is 15.8. The fourth-order valence-corrected chi connectivity index (χ4v) is 3.65. The third-order valence-electron chi connectivity index (χ3n) is 5.23. The van der Waals surface area contributed by atoms with Crippen molar-refractivity contribution in [3.05, 3.63) is 53.7 Å². The van der Waals surface area contributed by atoms with Gasteiger partial charge in [-0.05, 0) is 43.5 Å². The zero-order valence-corrected chi connectivity index (χ0v) is 20.1. The third-order valence-corrected chi connectivity index (χ3v) is 5.23. The number of pyridine rings is 1. The minimum absolute atomic E-state index is 0.0694. The van der Waals surface area contributed by atoms with Gasteiger partial charge in [0.05, 0.1) is 5.52 Å². The molecule has 1 aliphatic heterocycles. The molecule has 180 valence electrons. The second kappa shape index (κ2) is 13.6. The van der Waals surface area contributed by atoms with E-state index in [4.69, 9.17) is 0 Å². The number of hydrogen-bond donors (Lipinski definition) is 1. The molecule has 1 aliphatic rings. The largest absolute Gasteiger partial charge is 0.369 e. The predicted molar refractivity (Wildman–Crippen MR) is 130 cm³/mol. The maximum atomic E-state index is 12.6. The summed E-state index contributed by atoms with van der Waals surface area (Å²) in [5, 5.41) is 8.41. The standard InChI is InChI=1S/C13H21N3.C8H7FN2.C4H7FO/c1-3-4-12-11(2)15-6-5-13(12)16-9-7-14-8-10-16;1-11-5-6-2-3-7(9)4-8(6)10-11;1-2-3-4(5)6/h5-6,14H,3-4,7-10H2,1-2H3;2-5H,1H3;2-3H2,1H3. The van der Waals surface area contributed by atoms with E-state index in [2.05, 4.69) is 40.2 Å². The molecule has 0 saturated carbocycles. The zero-order valence-electron chi connectivity index (χ0n) is 20.1. The van der Waals surface area contributed by atoms with Gasteiger partial charge in [0.15, 0.2) is 0 Å². The average Bonchev–Trinajstić information content (AvgIpc) is 3.16. The van der Waals surface area contributed by atoms with Crippen molar-refractivity contribution in [1.82, 2.24) is 20.1 Å². The monoisotopic (exact) mass is 459 g/mol. The van der Waals surface area contributed by atoms with E-state index in [0.717, 1.165) is 38.0 Å². The molecule has 1 aromatic carbocycles. The number of fused-ring (bicyclic) bond motifs is 1. The molecule has 1 fully saturated rings. The van der Waals surface area contributed by atoms with Crippen LogP contribution in [-0.4, -0.2) is 47.0 Å². The first-order valence-corrected chi connectivity index (χ1v) is 11.5. The van der Waals surface area contributed by atoms with Crippen molar-refractivity contribution in [2.24, 2.45) is 7.05 Å². The van der Waals surface area contributed by atoms with Gasteiger partial charge in [-0.3, -0.25) is 14.5 Å². The molecule has 8 heteroatoms. The molecule has 2 aromatic heterocycles. The second-order valence-electron chi connectivity index (χ2n) is 7.99. The van der Waals surface area contributed by atoms with Crippen molar-refractivity contribution in [1.29, 1.82) is 0 Å². The summed E-state index contributed by atoms with van der Waals surface area (Å²) in [6.45, 7) is 10.5.